The van der Waals surface area contributed by atoms with Crippen molar-refractivity contribution in [3.05, 3.63) is 34.1 Å². The zero-order chi connectivity index (χ0) is 13.3. The molecule has 1 aromatic rings. The van der Waals surface area contributed by atoms with Gasteiger partial charge in [-0.3, -0.25) is 10.1 Å². The maximum absolute atomic E-state index is 13.5. The normalized spacial score (nSPS) is 16.4. The fourth-order valence-corrected chi connectivity index (χ4v) is 2.30. The second kappa shape index (κ2) is 4.89. The summed E-state index contributed by atoms with van der Waals surface area (Å²) in [6.45, 7) is 0.412. The maximum atomic E-state index is 13.5. The summed E-state index contributed by atoms with van der Waals surface area (Å²) in [6, 6.07) is 4.18. The van der Waals surface area contributed by atoms with E-state index < -0.39 is 16.4 Å². The smallest absolute Gasteiger partial charge is 0.327 e. The van der Waals surface area contributed by atoms with Gasteiger partial charge < -0.3 is 10.6 Å². The molecule has 1 atom stereocenters. The van der Waals surface area contributed by atoms with Crippen LogP contribution in [0.15, 0.2) is 18.2 Å². The highest BCUT2D eigenvalue weighted by Gasteiger charge is 2.35. The van der Waals surface area contributed by atoms with E-state index in [0.717, 1.165) is 18.9 Å². The Morgan fingerprint density at radius 1 is 1.61 bits per heavy atom. The molecule has 0 radical (unpaired) electrons. The Bertz CT molecular complexity index is 463. The van der Waals surface area contributed by atoms with Crippen molar-refractivity contribution < 1.29 is 9.31 Å². The first-order chi connectivity index (χ1) is 8.56. The van der Waals surface area contributed by atoms with E-state index in [4.69, 9.17) is 5.73 Å². The highest BCUT2D eigenvalue weighted by Crippen LogP contribution is 2.39. The van der Waals surface area contributed by atoms with E-state index in [9.17, 15) is 14.5 Å². The van der Waals surface area contributed by atoms with Crippen LogP contribution >= 0.6 is 0 Å². The van der Waals surface area contributed by atoms with E-state index in [1.165, 1.54) is 6.07 Å². The summed E-state index contributed by atoms with van der Waals surface area (Å²) in [7, 11) is 1.73. The van der Waals surface area contributed by atoms with Crippen molar-refractivity contribution in [1.29, 1.82) is 0 Å². The maximum Gasteiger partial charge on any atom is 0.327 e. The molecule has 18 heavy (non-hydrogen) atoms. The number of nitrogens with two attached hydrogens (primary N) is 1. The summed E-state index contributed by atoms with van der Waals surface area (Å²) in [6.07, 6.45) is 2.16. The van der Waals surface area contributed by atoms with Gasteiger partial charge in [0.25, 0.3) is 0 Å². The average molecular weight is 253 g/mol. The Morgan fingerprint density at radius 2 is 2.28 bits per heavy atom. The molecule has 1 aliphatic carbocycles. The van der Waals surface area contributed by atoms with Crippen molar-refractivity contribution in [2.75, 3.05) is 18.5 Å². The van der Waals surface area contributed by atoms with Gasteiger partial charge in [-0.05, 0) is 30.9 Å². The number of likely N-dealkylation sites (N-methyl/N-ethyl adjacent to an activating group) is 1. The van der Waals surface area contributed by atoms with Gasteiger partial charge in [-0.1, -0.05) is 6.07 Å². The number of halogens is 1. The summed E-state index contributed by atoms with van der Waals surface area (Å²) >= 11 is 0. The van der Waals surface area contributed by atoms with Crippen molar-refractivity contribution in [3.8, 4) is 0 Å². The summed E-state index contributed by atoms with van der Waals surface area (Å²) < 4.78 is 13.5. The van der Waals surface area contributed by atoms with E-state index in [-0.39, 0.29) is 6.04 Å². The number of para-hydroxylation sites is 1. The lowest BCUT2D eigenvalue weighted by Gasteiger charge is -2.28. The number of rotatable bonds is 5. The molecular formula is C12H16FN3O2. The highest BCUT2D eigenvalue weighted by molar-refractivity contribution is 5.64. The fraction of sp³-hybridized carbons (Fsp3) is 0.500. The predicted molar refractivity (Wildman–Crippen MR) is 67.0 cm³/mol. The van der Waals surface area contributed by atoms with Crippen molar-refractivity contribution in [2.24, 2.45) is 11.7 Å². The highest BCUT2D eigenvalue weighted by atomic mass is 19.1. The number of anilines is 1. The van der Waals surface area contributed by atoms with Gasteiger partial charge in [0.1, 0.15) is 5.69 Å². The molecule has 0 aromatic heterocycles. The lowest BCUT2D eigenvalue weighted by molar-refractivity contribution is -0.386. The minimum Gasteiger partial charge on any atom is -0.364 e. The first-order valence-corrected chi connectivity index (χ1v) is 5.92. The minimum atomic E-state index is -0.809. The van der Waals surface area contributed by atoms with E-state index in [2.05, 4.69) is 0 Å². The Morgan fingerprint density at radius 3 is 2.78 bits per heavy atom. The second-order valence-corrected chi connectivity index (χ2v) is 4.62. The van der Waals surface area contributed by atoms with Gasteiger partial charge >= 0.3 is 5.69 Å². The van der Waals surface area contributed by atoms with Crippen LogP contribution < -0.4 is 10.6 Å². The van der Waals surface area contributed by atoms with E-state index >= 15 is 0 Å². The molecule has 1 aromatic carbocycles. The monoisotopic (exact) mass is 253 g/mol. The third-order valence-electron chi connectivity index (χ3n) is 3.43. The molecule has 2 N–H and O–H groups in total. The number of nitro benzene ring substituents is 1. The molecule has 2 rings (SSSR count). The standard InChI is InChI=1S/C12H16FN3O2/c1-15(11(7-14)8-5-6-8)10-4-2-3-9(13)12(10)16(17)18/h2-4,8,11H,5-7,14H2,1H3. The van der Waals surface area contributed by atoms with Crippen molar-refractivity contribution >= 4 is 11.4 Å². The zero-order valence-electron chi connectivity index (χ0n) is 10.2. The lowest BCUT2D eigenvalue weighted by Crippen LogP contribution is -2.40. The number of nitro groups is 1. The van der Waals surface area contributed by atoms with Crippen LogP contribution in [0.1, 0.15) is 12.8 Å². The van der Waals surface area contributed by atoms with Crippen LogP contribution in [0.3, 0.4) is 0 Å². The quantitative estimate of drug-likeness (QED) is 0.642. The topological polar surface area (TPSA) is 72.4 Å². The van der Waals surface area contributed by atoms with Crippen LogP contribution in [0.2, 0.25) is 0 Å². The molecule has 1 fully saturated rings. The van der Waals surface area contributed by atoms with E-state index in [0.29, 0.717) is 18.2 Å². The Labute approximate surface area is 105 Å². The van der Waals surface area contributed by atoms with E-state index in [1.54, 1.807) is 18.0 Å². The molecule has 5 nitrogen and oxygen atoms in total. The van der Waals surface area contributed by atoms with Crippen LogP contribution in [0.4, 0.5) is 15.8 Å². The van der Waals surface area contributed by atoms with Crippen LogP contribution in [0.25, 0.3) is 0 Å². The first-order valence-electron chi connectivity index (χ1n) is 5.92. The number of hydrogen-bond donors (Lipinski definition) is 1. The third-order valence-corrected chi connectivity index (χ3v) is 3.43. The molecule has 0 heterocycles. The molecule has 0 bridgehead atoms. The number of benzene rings is 1. The van der Waals surface area contributed by atoms with Crippen LogP contribution in [-0.2, 0) is 0 Å². The van der Waals surface area contributed by atoms with Crippen LogP contribution in [-0.4, -0.2) is 24.6 Å². The lowest BCUT2D eigenvalue weighted by atomic mass is 10.1. The van der Waals surface area contributed by atoms with Crippen molar-refractivity contribution in [1.82, 2.24) is 0 Å². The zero-order valence-corrected chi connectivity index (χ0v) is 10.2. The van der Waals surface area contributed by atoms with Crippen LogP contribution in [0.5, 0.6) is 0 Å². The molecule has 1 unspecified atom stereocenters. The first kappa shape index (κ1) is 12.8. The Kier molecular flexibility index (Phi) is 3.47. The van der Waals surface area contributed by atoms with E-state index in [1.807, 2.05) is 0 Å². The minimum absolute atomic E-state index is 0.0329. The largest absolute Gasteiger partial charge is 0.364 e. The van der Waals surface area contributed by atoms with Gasteiger partial charge in [0.15, 0.2) is 0 Å². The summed E-state index contributed by atoms with van der Waals surface area (Å²) in [5.41, 5.74) is 5.53. The molecule has 1 saturated carbocycles. The fourth-order valence-electron chi connectivity index (χ4n) is 2.30. The third kappa shape index (κ3) is 2.28. The Balaban J connectivity index is 2.37. The predicted octanol–water partition coefficient (Wildman–Crippen LogP) is 1.91. The number of nitrogens with zero attached hydrogens (tertiary/aromatic N) is 2. The van der Waals surface area contributed by atoms with Gasteiger partial charge in [-0.25, -0.2) is 0 Å². The summed E-state index contributed by atoms with van der Waals surface area (Å²) in [5, 5.41) is 11.0. The Hall–Kier alpha value is -1.69. The summed E-state index contributed by atoms with van der Waals surface area (Å²) in [4.78, 5) is 12.0. The van der Waals surface area contributed by atoms with Crippen molar-refractivity contribution in [3.63, 3.8) is 0 Å². The van der Waals surface area contributed by atoms with Gasteiger partial charge in [0.05, 0.1) is 4.92 Å². The molecule has 0 saturated heterocycles. The van der Waals surface area contributed by atoms with Crippen molar-refractivity contribution in [2.45, 2.75) is 18.9 Å². The molecule has 98 valence electrons. The molecule has 1 aliphatic rings. The second-order valence-electron chi connectivity index (χ2n) is 4.62. The van der Waals surface area contributed by atoms with Gasteiger partial charge in [0.2, 0.25) is 5.82 Å². The SMILES string of the molecule is CN(c1cccc(F)c1[N+](=O)[O-])C(CN)C1CC1. The number of hydrogen-bond acceptors (Lipinski definition) is 4. The van der Waals surface area contributed by atoms with Gasteiger partial charge in [-0.2, -0.15) is 4.39 Å². The average Bonchev–Trinajstić information content (AvgIpc) is 3.13. The van der Waals surface area contributed by atoms with Gasteiger partial charge in [0, 0.05) is 19.6 Å². The molecule has 0 amide bonds. The molecule has 0 aliphatic heterocycles. The molecule has 0 spiro atoms. The summed E-state index contributed by atoms with van der Waals surface area (Å²) in [5.74, 6) is -0.348. The molecular weight excluding hydrogens is 237 g/mol. The van der Waals surface area contributed by atoms with Gasteiger partial charge in [-0.15, -0.1) is 0 Å². The van der Waals surface area contributed by atoms with Crippen LogP contribution in [0, 0.1) is 21.8 Å². The molecule has 6 heteroatoms.